The quantitative estimate of drug-likeness (QED) is 0.674. The molecular weight excluding hydrogens is 260 g/mol. The van der Waals surface area contributed by atoms with Gasteiger partial charge in [0.15, 0.2) is 0 Å². The first kappa shape index (κ1) is 14.3. The number of benzene rings is 1. The van der Waals surface area contributed by atoms with E-state index in [9.17, 15) is 14.9 Å². The predicted octanol–water partition coefficient (Wildman–Crippen LogP) is 3.72. The van der Waals surface area contributed by atoms with Crippen molar-refractivity contribution < 1.29 is 14.5 Å². The van der Waals surface area contributed by atoms with E-state index >= 15 is 0 Å². The standard InChI is InChI=1S/C14H18N2O4/c1-10-5-2-3-8-13(10)20-14(17)15-11-6-4-7-12(9-11)16(18)19/h4,6-7,9-10,13H,2-3,5,8H2,1H3,(H,15,17)/t10-,13+/m0/s1. The van der Waals surface area contributed by atoms with Gasteiger partial charge in [-0.1, -0.05) is 19.4 Å². The Hall–Kier alpha value is -2.11. The van der Waals surface area contributed by atoms with Crippen molar-refractivity contribution in [1.29, 1.82) is 0 Å². The number of ether oxygens (including phenoxy) is 1. The molecule has 0 radical (unpaired) electrons. The summed E-state index contributed by atoms with van der Waals surface area (Å²) in [6, 6.07) is 5.81. The highest BCUT2D eigenvalue weighted by atomic mass is 16.6. The van der Waals surface area contributed by atoms with Crippen molar-refractivity contribution in [2.45, 2.75) is 38.7 Å². The van der Waals surface area contributed by atoms with E-state index in [0.717, 1.165) is 19.3 Å². The molecule has 6 nitrogen and oxygen atoms in total. The molecule has 6 heteroatoms. The van der Waals surface area contributed by atoms with Gasteiger partial charge in [-0.15, -0.1) is 0 Å². The van der Waals surface area contributed by atoms with Gasteiger partial charge in [-0.2, -0.15) is 0 Å². The fourth-order valence-corrected chi connectivity index (χ4v) is 2.44. The molecule has 0 unspecified atom stereocenters. The van der Waals surface area contributed by atoms with Crippen LogP contribution in [0.3, 0.4) is 0 Å². The Labute approximate surface area is 117 Å². The molecule has 1 aromatic rings. The molecule has 1 N–H and O–H groups in total. The lowest BCUT2D eigenvalue weighted by atomic mass is 9.88. The third-order valence-corrected chi connectivity index (χ3v) is 3.59. The monoisotopic (exact) mass is 278 g/mol. The van der Waals surface area contributed by atoms with Crippen LogP contribution in [-0.2, 0) is 4.74 Å². The minimum Gasteiger partial charge on any atom is -0.446 e. The Balaban J connectivity index is 1.94. The van der Waals surface area contributed by atoms with Crippen molar-refractivity contribution >= 4 is 17.5 Å². The van der Waals surface area contributed by atoms with Gasteiger partial charge in [-0.05, 0) is 31.2 Å². The lowest BCUT2D eigenvalue weighted by molar-refractivity contribution is -0.384. The van der Waals surface area contributed by atoms with E-state index < -0.39 is 11.0 Å². The molecule has 1 aliphatic carbocycles. The summed E-state index contributed by atoms with van der Waals surface area (Å²) in [4.78, 5) is 22.0. The summed E-state index contributed by atoms with van der Waals surface area (Å²) in [6.45, 7) is 2.07. The van der Waals surface area contributed by atoms with Crippen LogP contribution in [-0.4, -0.2) is 17.1 Å². The number of rotatable bonds is 3. The van der Waals surface area contributed by atoms with Crippen LogP contribution in [0.4, 0.5) is 16.2 Å². The van der Waals surface area contributed by atoms with Crippen molar-refractivity contribution in [3.05, 3.63) is 34.4 Å². The first-order chi connectivity index (χ1) is 9.56. The first-order valence-corrected chi connectivity index (χ1v) is 6.78. The Kier molecular flexibility index (Phi) is 4.55. The second kappa shape index (κ2) is 6.36. The molecule has 108 valence electrons. The molecule has 0 bridgehead atoms. The number of nitrogens with one attached hydrogen (secondary N) is 1. The second-order valence-corrected chi connectivity index (χ2v) is 5.14. The highest BCUT2D eigenvalue weighted by Crippen LogP contribution is 2.26. The van der Waals surface area contributed by atoms with Crippen LogP contribution in [0.25, 0.3) is 0 Å². The Morgan fingerprint density at radius 1 is 1.40 bits per heavy atom. The fraction of sp³-hybridized carbons (Fsp3) is 0.500. The number of carbonyl (C=O) groups is 1. The highest BCUT2D eigenvalue weighted by Gasteiger charge is 2.24. The average molecular weight is 278 g/mol. The smallest absolute Gasteiger partial charge is 0.411 e. The summed E-state index contributed by atoms with van der Waals surface area (Å²) >= 11 is 0. The minimum absolute atomic E-state index is 0.0613. The number of hydrogen-bond acceptors (Lipinski definition) is 4. The van der Waals surface area contributed by atoms with Gasteiger partial charge < -0.3 is 4.74 Å². The van der Waals surface area contributed by atoms with Gasteiger partial charge in [0.05, 0.1) is 10.6 Å². The number of anilines is 1. The summed E-state index contributed by atoms with van der Waals surface area (Å²) in [5.41, 5.74) is 0.307. The van der Waals surface area contributed by atoms with Gasteiger partial charge >= 0.3 is 6.09 Å². The zero-order valence-corrected chi connectivity index (χ0v) is 11.4. The summed E-state index contributed by atoms with van der Waals surface area (Å²) in [7, 11) is 0. The van der Waals surface area contributed by atoms with Crippen LogP contribution in [0.15, 0.2) is 24.3 Å². The number of amides is 1. The van der Waals surface area contributed by atoms with Crippen molar-refractivity contribution in [3.63, 3.8) is 0 Å². The van der Waals surface area contributed by atoms with E-state index in [2.05, 4.69) is 12.2 Å². The molecule has 1 aromatic carbocycles. The van der Waals surface area contributed by atoms with Gasteiger partial charge in [0.2, 0.25) is 0 Å². The predicted molar refractivity (Wildman–Crippen MR) is 74.6 cm³/mol. The molecule has 1 fully saturated rings. The van der Waals surface area contributed by atoms with Gasteiger partial charge in [-0.25, -0.2) is 4.79 Å². The largest absolute Gasteiger partial charge is 0.446 e. The lowest BCUT2D eigenvalue weighted by Crippen LogP contribution is -2.30. The molecule has 0 aliphatic heterocycles. The lowest BCUT2D eigenvalue weighted by Gasteiger charge is -2.28. The SMILES string of the molecule is C[C@H]1CCCC[C@H]1OC(=O)Nc1cccc([N+](=O)[O-])c1. The summed E-state index contributed by atoms with van der Waals surface area (Å²) < 4.78 is 5.39. The van der Waals surface area contributed by atoms with Gasteiger partial charge in [-0.3, -0.25) is 15.4 Å². The zero-order valence-electron chi connectivity index (χ0n) is 11.4. The van der Waals surface area contributed by atoms with Gasteiger partial charge in [0.25, 0.3) is 5.69 Å². The van der Waals surface area contributed by atoms with E-state index in [4.69, 9.17) is 4.74 Å². The molecule has 1 aliphatic rings. The van der Waals surface area contributed by atoms with E-state index in [-0.39, 0.29) is 11.8 Å². The Morgan fingerprint density at radius 2 is 2.15 bits per heavy atom. The molecule has 2 atom stereocenters. The van der Waals surface area contributed by atoms with E-state index in [1.165, 1.54) is 24.6 Å². The maximum Gasteiger partial charge on any atom is 0.411 e. The topological polar surface area (TPSA) is 81.5 Å². The molecule has 0 saturated heterocycles. The fourth-order valence-electron chi connectivity index (χ4n) is 2.44. The Bertz CT molecular complexity index is 504. The third kappa shape index (κ3) is 3.69. The highest BCUT2D eigenvalue weighted by molar-refractivity contribution is 5.85. The van der Waals surface area contributed by atoms with Crippen molar-refractivity contribution in [2.75, 3.05) is 5.32 Å². The Morgan fingerprint density at radius 3 is 2.85 bits per heavy atom. The average Bonchev–Trinajstić information content (AvgIpc) is 2.41. The van der Waals surface area contributed by atoms with Gasteiger partial charge in [0, 0.05) is 12.1 Å². The number of non-ortho nitro benzene ring substituents is 1. The maximum atomic E-state index is 11.8. The first-order valence-electron chi connectivity index (χ1n) is 6.78. The van der Waals surface area contributed by atoms with Crippen LogP contribution >= 0.6 is 0 Å². The number of carbonyl (C=O) groups excluding carboxylic acids is 1. The summed E-state index contributed by atoms with van der Waals surface area (Å²) in [5, 5.41) is 13.2. The molecule has 1 saturated carbocycles. The van der Waals surface area contributed by atoms with Crippen LogP contribution in [0.2, 0.25) is 0 Å². The molecule has 0 heterocycles. The third-order valence-electron chi connectivity index (χ3n) is 3.59. The molecule has 2 rings (SSSR count). The van der Waals surface area contributed by atoms with Crippen molar-refractivity contribution in [2.24, 2.45) is 5.92 Å². The molecule has 0 aromatic heterocycles. The minimum atomic E-state index is -0.552. The number of nitro groups is 1. The summed E-state index contributed by atoms with van der Waals surface area (Å²) in [5.74, 6) is 0.361. The van der Waals surface area contributed by atoms with Gasteiger partial charge in [0.1, 0.15) is 6.10 Å². The summed E-state index contributed by atoms with van der Waals surface area (Å²) in [6.07, 6.45) is 3.57. The van der Waals surface area contributed by atoms with Crippen LogP contribution in [0.5, 0.6) is 0 Å². The van der Waals surface area contributed by atoms with E-state index in [1.807, 2.05) is 0 Å². The number of nitrogens with zero attached hydrogens (tertiary/aromatic N) is 1. The number of hydrogen-bond donors (Lipinski definition) is 1. The molecular formula is C14H18N2O4. The van der Waals surface area contributed by atoms with Crippen LogP contribution < -0.4 is 5.32 Å². The van der Waals surface area contributed by atoms with E-state index in [0.29, 0.717) is 11.6 Å². The molecule has 20 heavy (non-hydrogen) atoms. The zero-order chi connectivity index (χ0) is 14.5. The van der Waals surface area contributed by atoms with E-state index in [1.54, 1.807) is 6.07 Å². The number of nitro benzene ring substituents is 1. The van der Waals surface area contributed by atoms with Crippen molar-refractivity contribution in [1.82, 2.24) is 0 Å². The second-order valence-electron chi connectivity index (χ2n) is 5.14. The van der Waals surface area contributed by atoms with Crippen LogP contribution in [0.1, 0.15) is 32.6 Å². The maximum absolute atomic E-state index is 11.8. The van der Waals surface area contributed by atoms with Crippen molar-refractivity contribution in [3.8, 4) is 0 Å². The van der Waals surface area contributed by atoms with Crippen LogP contribution in [0, 0.1) is 16.0 Å². The molecule has 0 spiro atoms. The molecule has 1 amide bonds. The normalized spacial score (nSPS) is 22.1.